The zero-order valence-electron chi connectivity index (χ0n) is 29.1. The van der Waals surface area contributed by atoms with E-state index in [9.17, 15) is 32.4 Å². The Kier molecular flexibility index (Phi) is 10.4. The van der Waals surface area contributed by atoms with Crippen molar-refractivity contribution in [2.45, 2.75) is 132 Å². The molecule has 0 radical (unpaired) electrons. The lowest BCUT2D eigenvalue weighted by atomic mass is 10.0. The average molecular weight is 759 g/mol. The molecule has 3 aliphatic carbocycles. The highest BCUT2D eigenvalue weighted by atomic mass is 35.5. The Labute approximate surface area is 308 Å². The Balaban J connectivity index is 1.12. The summed E-state index contributed by atoms with van der Waals surface area (Å²) in [4.78, 5) is 71.7. The molecule has 0 bridgehead atoms. The van der Waals surface area contributed by atoms with E-state index >= 15 is 0 Å². The van der Waals surface area contributed by atoms with Gasteiger partial charge in [0, 0.05) is 36.5 Å². The maximum Gasteiger partial charge on any atom is 0.410 e. The zero-order valence-corrected chi connectivity index (χ0v) is 30.7. The lowest BCUT2D eigenvalue weighted by molar-refractivity contribution is -0.141. The van der Waals surface area contributed by atoms with Crippen molar-refractivity contribution in [1.29, 1.82) is 0 Å². The molecular weight excluding hydrogens is 712 g/mol. The largest absolute Gasteiger partial charge is 0.444 e. The molecule has 4 N–H and O–H groups in total. The van der Waals surface area contributed by atoms with Gasteiger partial charge in [-0.1, -0.05) is 55.5 Å². The first-order valence-electron chi connectivity index (χ1n) is 18.6. The van der Waals surface area contributed by atoms with E-state index in [1.54, 1.807) is 12.1 Å². The molecule has 6 amide bonds. The predicted molar refractivity (Wildman–Crippen MR) is 190 cm³/mol. The number of nitrogens with zero attached hydrogens (tertiary/aromatic N) is 2. The summed E-state index contributed by atoms with van der Waals surface area (Å²) in [6, 6.07) is 2.91. The normalized spacial score (nSPS) is 30.2. The van der Waals surface area contributed by atoms with E-state index in [1.165, 1.54) is 9.80 Å². The van der Waals surface area contributed by atoms with E-state index < -0.39 is 74.8 Å². The number of urea groups is 1. The van der Waals surface area contributed by atoms with Gasteiger partial charge in [0.25, 0.3) is 5.91 Å². The lowest BCUT2D eigenvalue weighted by Gasteiger charge is -2.30. The molecule has 0 unspecified atom stereocenters. The highest BCUT2D eigenvalue weighted by molar-refractivity contribution is 7.91. The SMILES string of the molecule is O=C(NC1CCCC1)N[C@H]1CCCCC/C=C\[C@@H]2C[C@@]2(C(=O)NS(=O)(=O)C2CC2)NC(=O)[C@@H]2C[C@@H](OC(=O)N3Cc4ccc(Cl)cc4C3)CN2C1=O. The Bertz CT molecular complexity index is 1750. The van der Waals surface area contributed by atoms with E-state index in [0.717, 1.165) is 49.7 Å². The van der Waals surface area contributed by atoms with Gasteiger partial charge in [-0.05, 0) is 74.6 Å². The average Bonchev–Trinajstić information content (AvgIpc) is 3.89. The smallest absolute Gasteiger partial charge is 0.410 e. The Morgan fingerprint density at radius 3 is 2.46 bits per heavy atom. The molecule has 7 rings (SSSR count). The van der Waals surface area contributed by atoms with Crippen LogP contribution in [0.25, 0.3) is 0 Å². The van der Waals surface area contributed by atoms with Crippen LogP contribution in [0.15, 0.2) is 30.4 Å². The minimum Gasteiger partial charge on any atom is -0.444 e. The molecule has 3 aliphatic heterocycles. The van der Waals surface area contributed by atoms with E-state index in [4.69, 9.17) is 16.3 Å². The number of allylic oxidation sites excluding steroid dienone is 1. The molecule has 3 heterocycles. The van der Waals surface area contributed by atoms with Crippen LogP contribution in [0.2, 0.25) is 5.02 Å². The van der Waals surface area contributed by atoms with Crippen molar-refractivity contribution in [2.75, 3.05) is 6.54 Å². The highest BCUT2D eigenvalue weighted by Gasteiger charge is 2.62. The predicted octanol–water partition coefficient (Wildman–Crippen LogP) is 3.38. The second kappa shape index (κ2) is 14.9. The van der Waals surface area contributed by atoms with Crippen molar-refractivity contribution in [3.63, 3.8) is 0 Å². The van der Waals surface area contributed by atoms with E-state index in [0.29, 0.717) is 50.2 Å². The summed E-state index contributed by atoms with van der Waals surface area (Å²) < 4.78 is 33.7. The standard InChI is InChI=1S/C36H47ClN6O8S/c37-25-13-12-22-19-42(20-23(22)16-25)35(48)51-27-17-30-31(44)40-36(33(46)41-52(49,50)28-14-15-28)18-24(36)8-4-2-1-3-5-11-29(32(45)43(30)21-27)39-34(47)38-26-9-6-7-10-26/h4,8,12-13,16,24,26-30H,1-3,5-7,9-11,14-15,17-21H2,(H,40,44)(H,41,46)(H2,38,39,47)/b8-4-/t24-,27-,29+,30+,36-/m1/s1. The third kappa shape index (κ3) is 8.04. The second-order valence-electron chi connectivity index (χ2n) is 15.2. The first-order chi connectivity index (χ1) is 24.9. The van der Waals surface area contributed by atoms with Gasteiger partial charge < -0.3 is 25.6 Å². The number of rotatable bonds is 6. The Morgan fingerprint density at radius 1 is 0.942 bits per heavy atom. The number of benzene rings is 1. The van der Waals surface area contributed by atoms with Crippen LogP contribution in [0.3, 0.4) is 0 Å². The molecule has 14 nitrogen and oxygen atoms in total. The minimum absolute atomic E-state index is 0.0311. The summed E-state index contributed by atoms with van der Waals surface area (Å²) in [7, 11) is -3.89. The van der Waals surface area contributed by atoms with E-state index in [-0.39, 0.29) is 25.4 Å². The molecule has 52 heavy (non-hydrogen) atoms. The molecule has 1 saturated heterocycles. The molecule has 6 aliphatic rings. The Morgan fingerprint density at radius 2 is 1.69 bits per heavy atom. The van der Waals surface area contributed by atoms with Crippen LogP contribution in [0.1, 0.15) is 94.6 Å². The van der Waals surface area contributed by atoms with Gasteiger partial charge in [0.1, 0.15) is 23.7 Å². The van der Waals surface area contributed by atoms with Crippen LogP contribution < -0.4 is 20.7 Å². The molecular formula is C36H47ClN6O8S. The quantitative estimate of drug-likeness (QED) is 0.319. The molecule has 1 aromatic rings. The van der Waals surface area contributed by atoms with Gasteiger partial charge in [-0.25, -0.2) is 18.0 Å². The fourth-order valence-corrected chi connectivity index (χ4v) is 9.57. The van der Waals surface area contributed by atoms with Crippen molar-refractivity contribution in [2.24, 2.45) is 5.92 Å². The van der Waals surface area contributed by atoms with Crippen molar-refractivity contribution in [3.8, 4) is 0 Å². The monoisotopic (exact) mass is 758 g/mol. The van der Waals surface area contributed by atoms with Gasteiger partial charge in [0.2, 0.25) is 21.8 Å². The van der Waals surface area contributed by atoms with E-state index in [1.807, 2.05) is 18.2 Å². The fraction of sp³-hybridized carbons (Fsp3) is 0.639. The number of hydrogen-bond acceptors (Lipinski definition) is 8. The zero-order chi connectivity index (χ0) is 36.6. The lowest BCUT2D eigenvalue weighted by Crippen LogP contribution is -2.59. The van der Waals surface area contributed by atoms with Gasteiger partial charge in [0.05, 0.1) is 11.8 Å². The Hall–Kier alpha value is -3.85. The van der Waals surface area contributed by atoms with Crippen LogP contribution in [-0.4, -0.2) is 89.6 Å². The summed E-state index contributed by atoms with van der Waals surface area (Å²) in [6.07, 6.45) is 10.5. The number of carbonyl (C=O) groups is 5. The van der Waals surface area contributed by atoms with Crippen molar-refractivity contribution >= 4 is 51.5 Å². The van der Waals surface area contributed by atoms with Crippen LogP contribution in [0.5, 0.6) is 0 Å². The first kappa shape index (κ1) is 36.5. The summed E-state index contributed by atoms with van der Waals surface area (Å²) in [6.45, 7) is 0.520. The highest BCUT2D eigenvalue weighted by Crippen LogP contribution is 2.46. The molecule has 0 spiro atoms. The summed E-state index contributed by atoms with van der Waals surface area (Å²) >= 11 is 6.16. The molecule has 5 atom stereocenters. The third-order valence-electron chi connectivity index (χ3n) is 11.3. The maximum atomic E-state index is 14.4. The minimum atomic E-state index is -3.89. The maximum absolute atomic E-state index is 14.4. The number of sulfonamides is 1. The third-order valence-corrected chi connectivity index (χ3v) is 13.3. The molecule has 0 aromatic heterocycles. The van der Waals surface area contributed by atoms with Crippen molar-refractivity contribution < 1.29 is 37.1 Å². The topological polar surface area (TPSA) is 183 Å². The fourth-order valence-electron chi connectivity index (χ4n) is 8.01. The van der Waals surface area contributed by atoms with Gasteiger partial charge >= 0.3 is 12.1 Å². The molecule has 1 aromatic carbocycles. The molecule has 3 saturated carbocycles. The number of halogens is 1. The molecule has 16 heteroatoms. The molecule has 4 fully saturated rings. The van der Waals surface area contributed by atoms with Crippen LogP contribution in [0.4, 0.5) is 9.59 Å². The summed E-state index contributed by atoms with van der Waals surface area (Å²) in [5.41, 5.74) is 0.337. The van der Waals surface area contributed by atoms with Crippen molar-refractivity contribution in [3.05, 3.63) is 46.5 Å². The number of fused-ring (bicyclic) bond motifs is 3. The van der Waals surface area contributed by atoms with Gasteiger partial charge in [-0.3, -0.25) is 24.0 Å². The van der Waals surface area contributed by atoms with Crippen LogP contribution in [-0.2, 0) is 42.2 Å². The van der Waals surface area contributed by atoms with Crippen LogP contribution >= 0.6 is 11.6 Å². The summed E-state index contributed by atoms with van der Waals surface area (Å²) in [5, 5.41) is 8.61. The second-order valence-corrected chi connectivity index (χ2v) is 17.6. The van der Waals surface area contributed by atoms with Crippen LogP contribution in [0, 0.1) is 5.92 Å². The number of carbonyl (C=O) groups excluding carboxylic acids is 5. The number of nitrogens with one attached hydrogen (secondary N) is 4. The summed E-state index contributed by atoms with van der Waals surface area (Å²) in [5.74, 6) is -2.38. The van der Waals surface area contributed by atoms with Gasteiger partial charge in [-0.2, -0.15) is 0 Å². The number of amides is 6. The van der Waals surface area contributed by atoms with Gasteiger partial charge in [0.15, 0.2) is 0 Å². The van der Waals surface area contributed by atoms with E-state index in [2.05, 4.69) is 20.7 Å². The number of hydrogen-bond donors (Lipinski definition) is 4. The van der Waals surface area contributed by atoms with Gasteiger partial charge in [-0.15, -0.1) is 0 Å². The number of ether oxygens (including phenoxy) is 1. The van der Waals surface area contributed by atoms with Crippen molar-refractivity contribution in [1.82, 2.24) is 30.5 Å². The first-order valence-corrected chi connectivity index (χ1v) is 20.5. The molecule has 282 valence electrons.